The molecule has 7 nitrogen and oxygen atoms in total. The summed E-state index contributed by atoms with van der Waals surface area (Å²) in [6, 6.07) is 0.431. The number of hydrogen-bond acceptors (Lipinski definition) is 6. The van der Waals surface area contributed by atoms with Crippen molar-refractivity contribution < 1.29 is 37.0 Å². The lowest BCUT2D eigenvalue weighted by atomic mass is 10.2. The Morgan fingerprint density at radius 1 is 1.25 bits per heavy atom. The van der Waals surface area contributed by atoms with Gasteiger partial charge in [0.25, 0.3) is 0 Å². The van der Waals surface area contributed by atoms with Gasteiger partial charge in [-0.2, -0.15) is 13.2 Å². The first-order chi connectivity index (χ1) is 12.8. The summed E-state index contributed by atoms with van der Waals surface area (Å²) in [4.78, 5) is 27.0. The van der Waals surface area contributed by atoms with Crippen molar-refractivity contribution in [2.24, 2.45) is 0 Å². The molecule has 158 valence electrons. The summed E-state index contributed by atoms with van der Waals surface area (Å²) >= 11 is 0. The van der Waals surface area contributed by atoms with Crippen molar-refractivity contribution in [1.29, 1.82) is 0 Å². The molecule has 28 heavy (non-hydrogen) atoms. The molecule has 1 aromatic rings. The summed E-state index contributed by atoms with van der Waals surface area (Å²) in [5, 5.41) is 2.67. The molecule has 1 N–H and O–H groups in total. The van der Waals surface area contributed by atoms with Crippen molar-refractivity contribution in [3.8, 4) is 5.88 Å². The van der Waals surface area contributed by atoms with Crippen LogP contribution < -0.4 is 10.1 Å². The van der Waals surface area contributed by atoms with E-state index in [1.54, 1.807) is 27.7 Å². The third-order valence-corrected chi connectivity index (χ3v) is 3.37. The highest BCUT2D eigenvalue weighted by molar-refractivity contribution is 5.92. The van der Waals surface area contributed by atoms with Crippen LogP contribution in [0.1, 0.15) is 56.5 Å². The number of pyridine rings is 1. The minimum absolute atomic E-state index is 0.0860. The van der Waals surface area contributed by atoms with Crippen molar-refractivity contribution >= 4 is 12.1 Å². The van der Waals surface area contributed by atoms with Crippen molar-refractivity contribution in [2.45, 2.75) is 58.4 Å². The van der Waals surface area contributed by atoms with E-state index in [4.69, 9.17) is 9.47 Å². The highest BCUT2D eigenvalue weighted by atomic mass is 19.4. The normalized spacial score (nSPS) is 12.9. The third-order valence-electron chi connectivity index (χ3n) is 3.37. The maximum atomic E-state index is 12.8. The van der Waals surface area contributed by atoms with Crippen molar-refractivity contribution in [3.63, 3.8) is 0 Å². The minimum Gasteiger partial charge on any atom is -0.477 e. The van der Waals surface area contributed by atoms with Gasteiger partial charge in [0.1, 0.15) is 11.2 Å². The Balaban J connectivity index is 2.60. The van der Waals surface area contributed by atoms with Gasteiger partial charge in [-0.3, -0.25) is 0 Å². The summed E-state index contributed by atoms with van der Waals surface area (Å²) in [6.45, 7) is 7.12. The number of nitrogens with zero attached hydrogens (tertiary/aromatic N) is 1. The molecular weight excluding hydrogens is 381 g/mol. The topological polar surface area (TPSA) is 86.8 Å². The Labute approximate surface area is 161 Å². The van der Waals surface area contributed by atoms with Crippen molar-refractivity contribution in [1.82, 2.24) is 10.3 Å². The summed E-state index contributed by atoms with van der Waals surface area (Å²) in [6.07, 6.45) is -3.61. The van der Waals surface area contributed by atoms with Crippen LogP contribution in [0, 0.1) is 0 Å². The zero-order valence-electron chi connectivity index (χ0n) is 16.5. The molecule has 1 amide bonds. The molecule has 1 rings (SSSR count). The van der Waals surface area contributed by atoms with Crippen LogP contribution in [0.5, 0.6) is 5.88 Å². The highest BCUT2D eigenvalue weighted by Crippen LogP contribution is 2.31. The number of alkyl halides is 3. The molecule has 0 saturated carbocycles. The van der Waals surface area contributed by atoms with Gasteiger partial charge in [-0.05, 0) is 46.6 Å². The summed E-state index contributed by atoms with van der Waals surface area (Å²) < 4.78 is 53.3. The van der Waals surface area contributed by atoms with Crippen molar-refractivity contribution in [2.75, 3.05) is 13.7 Å². The van der Waals surface area contributed by atoms with Crippen LogP contribution in [0.2, 0.25) is 0 Å². The lowest BCUT2D eigenvalue weighted by Gasteiger charge is -2.22. The molecular formula is C18H25F3N2O5. The van der Waals surface area contributed by atoms with Gasteiger partial charge in [0, 0.05) is 12.2 Å². The number of carbonyl (C=O) groups is 2. The van der Waals surface area contributed by atoms with Crippen LogP contribution >= 0.6 is 0 Å². The number of rotatable bonds is 7. The van der Waals surface area contributed by atoms with E-state index in [-0.39, 0.29) is 18.5 Å². The zero-order valence-corrected chi connectivity index (χ0v) is 16.5. The number of halogens is 3. The lowest BCUT2D eigenvalue weighted by Crippen LogP contribution is -2.37. The van der Waals surface area contributed by atoms with E-state index in [0.29, 0.717) is 25.1 Å². The van der Waals surface area contributed by atoms with E-state index in [1.165, 1.54) is 0 Å². The molecule has 0 fully saturated rings. The fourth-order valence-corrected chi connectivity index (χ4v) is 2.12. The molecule has 0 bridgehead atoms. The van der Waals surface area contributed by atoms with Crippen LogP contribution in [-0.4, -0.2) is 42.4 Å². The summed E-state index contributed by atoms with van der Waals surface area (Å²) in [5.74, 6) is -1.22. The number of aromatic nitrogens is 1. The van der Waals surface area contributed by atoms with E-state index in [0.717, 1.165) is 7.11 Å². The summed E-state index contributed by atoms with van der Waals surface area (Å²) in [7, 11) is 1.05. The van der Waals surface area contributed by atoms with Crippen LogP contribution in [-0.2, 0) is 15.7 Å². The third kappa shape index (κ3) is 8.01. The van der Waals surface area contributed by atoms with Gasteiger partial charge < -0.3 is 19.5 Å². The van der Waals surface area contributed by atoms with Gasteiger partial charge in [-0.15, -0.1) is 0 Å². The first kappa shape index (κ1) is 23.5. The maximum absolute atomic E-state index is 12.8. The fourth-order valence-electron chi connectivity index (χ4n) is 2.12. The van der Waals surface area contributed by atoms with Gasteiger partial charge >= 0.3 is 18.2 Å². The predicted octanol–water partition coefficient (Wildman–Crippen LogP) is 3.96. The number of hydrogen-bond donors (Lipinski definition) is 1. The van der Waals surface area contributed by atoms with Gasteiger partial charge in [0.15, 0.2) is 0 Å². The Bertz CT molecular complexity index is 687. The van der Waals surface area contributed by atoms with Gasteiger partial charge in [-0.25, -0.2) is 14.6 Å². The molecule has 1 atom stereocenters. The standard InChI is InChI=1S/C18H25F3N2O5/c1-11(23-16(25)28-17(2,3)4)7-6-8-27-14-13(15(24)26-5)9-12(10-22-14)18(19,20)21/h9-11H,6-8H2,1-5H3,(H,23,25). The second kappa shape index (κ2) is 9.61. The number of alkyl carbamates (subject to hydrolysis) is 1. The van der Waals surface area contributed by atoms with Crippen molar-refractivity contribution in [3.05, 3.63) is 23.4 Å². The quantitative estimate of drug-likeness (QED) is 0.545. The number of carbonyl (C=O) groups excluding carboxylic acids is 2. The van der Waals surface area contributed by atoms with Crippen LogP contribution in [0.4, 0.5) is 18.0 Å². The molecule has 0 aliphatic rings. The summed E-state index contributed by atoms with van der Waals surface area (Å²) in [5.41, 5.74) is -2.08. The van der Waals surface area contributed by atoms with Crippen LogP contribution in [0.15, 0.2) is 12.3 Å². The molecule has 0 spiro atoms. The Morgan fingerprint density at radius 3 is 2.43 bits per heavy atom. The average Bonchev–Trinajstić information content (AvgIpc) is 2.55. The maximum Gasteiger partial charge on any atom is 0.417 e. The average molecular weight is 406 g/mol. The minimum atomic E-state index is -4.64. The molecule has 10 heteroatoms. The Kier molecular flexibility index (Phi) is 8.07. The fraction of sp³-hybridized carbons (Fsp3) is 0.611. The first-order valence-electron chi connectivity index (χ1n) is 8.61. The Morgan fingerprint density at radius 2 is 1.89 bits per heavy atom. The molecule has 1 heterocycles. The van der Waals surface area contributed by atoms with Crippen LogP contribution in [0.3, 0.4) is 0 Å². The second-order valence-electron chi connectivity index (χ2n) is 7.10. The predicted molar refractivity (Wildman–Crippen MR) is 94.1 cm³/mol. The van der Waals surface area contributed by atoms with Gasteiger partial charge in [-0.1, -0.05) is 0 Å². The van der Waals surface area contributed by atoms with E-state index in [1.807, 2.05) is 0 Å². The molecule has 0 aromatic carbocycles. The molecule has 0 aliphatic heterocycles. The smallest absolute Gasteiger partial charge is 0.417 e. The Hall–Kier alpha value is -2.52. The van der Waals surface area contributed by atoms with E-state index in [9.17, 15) is 22.8 Å². The molecule has 0 saturated heterocycles. The molecule has 1 aromatic heterocycles. The number of ether oxygens (including phenoxy) is 3. The lowest BCUT2D eigenvalue weighted by molar-refractivity contribution is -0.137. The van der Waals surface area contributed by atoms with Gasteiger partial charge in [0.2, 0.25) is 5.88 Å². The number of amides is 1. The van der Waals surface area contributed by atoms with E-state index >= 15 is 0 Å². The highest BCUT2D eigenvalue weighted by Gasteiger charge is 2.33. The first-order valence-corrected chi connectivity index (χ1v) is 8.61. The number of methoxy groups -OCH3 is 1. The number of esters is 1. The largest absolute Gasteiger partial charge is 0.477 e. The molecule has 0 radical (unpaired) electrons. The van der Waals surface area contributed by atoms with E-state index in [2.05, 4.69) is 15.0 Å². The molecule has 1 unspecified atom stereocenters. The van der Waals surface area contributed by atoms with Crippen LogP contribution in [0.25, 0.3) is 0 Å². The second-order valence-corrected chi connectivity index (χ2v) is 7.10. The number of nitrogens with one attached hydrogen (secondary N) is 1. The SMILES string of the molecule is COC(=O)c1cc(C(F)(F)F)cnc1OCCCC(C)NC(=O)OC(C)(C)C. The van der Waals surface area contributed by atoms with E-state index < -0.39 is 35.0 Å². The van der Waals surface area contributed by atoms with Gasteiger partial charge in [0.05, 0.1) is 19.3 Å². The molecule has 0 aliphatic carbocycles. The zero-order chi connectivity index (χ0) is 21.5. The monoisotopic (exact) mass is 406 g/mol.